The Balaban J connectivity index is 2.14. The number of hydrogen-bond acceptors (Lipinski definition) is 2. The highest BCUT2D eigenvalue weighted by Crippen LogP contribution is 2.40. The maximum absolute atomic E-state index is 13.4. The third kappa shape index (κ3) is 3.11. The first-order valence-corrected chi connectivity index (χ1v) is 6.10. The van der Waals surface area contributed by atoms with Crippen LogP contribution in [0.15, 0.2) is 18.5 Å². The summed E-state index contributed by atoms with van der Waals surface area (Å²) in [6, 6.07) is 1.22. The molecule has 2 nitrogen and oxygen atoms in total. The van der Waals surface area contributed by atoms with Crippen LogP contribution in [0.5, 0.6) is 0 Å². The van der Waals surface area contributed by atoms with E-state index in [2.05, 4.69) is 4.98 Å². The predicted octanol–water partition coefficient (Wildman–Crippen LogP) is 3.77. The zero-order valence-corrected chi connectivity index (χ0v) is 10.1. The summed E-state index contributed by atoms with van der Waals surface area (Å²) in [7, 11) is 0. The van der Waals surface area contributed by atoms with Crippen LogP contribution in [0.4, 0.5) is 17.6 Å². The van der Waals surface area contributed by atoms with E-state index in [4.69, 9.17) is 0 Å². The van der Waals surface area contributed by atoms with E-state index in [-0.39, 0.29) is 18.4 Å². The first-order valence-electron chi connectivity index (χ1n) is 6.10. The van der Waals surface area contributed by atoms with Crippen LogP contribution in [-0.2, 0) is 0 Å². The standard InChI is InChI=1S/C13H13F4NO/c14-11-7-18-5-4-10(11)12(19)8-2-1-3-9(6-8)13(15,16)17/h4-5,7-9H,1-3,6H2. The Morgan fingerprint density at radius 2 is 2.05 bits per heavy atom. The summed E-state index contributed by atoms with van der Waals surface area (Å²) in [6.07, 6.45) is -1.59. The smallest absolute Gasteiger partial charge is 0.294 e. The minimum Gasteiger partial charge on any atom is -0.294 e. The summed E-state index contributed by atoms with van der Waals surface area (Å²) in [5.41, 5.74) is -0.164. The minimum atomic E-state index is -4.28. The molecule has 0 N–H and O–H groups in total. The molecule has 1 aliphatic rings. The van der Waals surface area contributed by atoms with Crippen molar-refractivity contribution in [2.24, 2.45) is 11.8 Å². The number of ketones is 1. The molecule has 104 valence electrons. The van der Waals surface area contributed by atoms with Gasteiger partial charge in [-0.25, -0.2) is 4.39 Å². The van der Waals surface area contributed by atoms with Crippen LogP contribution >= 0.6 is 0 Å². The summed E-state index contributed by atoms with van der Waals surface area (Å²) < 4.78 is 51.4. The third-order valence-corrected chi connectivity index (χ3v) is 3.55. The van der Waals surface area contributed by atoms with Crippen molar-refractivity contribution in [2.45, 2.75) is 31.9 Å². The van der Waals surface area contributed by atoms with Gasteiger partial charge in [0, 0.05) is 12.1 Å². The Hall–Kier alpha value is -1.46. The molecule has 0 aromatic carbocycles. The van der Waals surface area contributed by atoms with Crippen molar-refractivity contribution in [3.8, 4) is 0 Å². The zero-order chi connectivity index (χ0) is 14.0. The van der Waals surface area contributed by atoms with E-state index < -0.39 is 29.6 Å². The first kappa shape index (κ1) is 14.0. The molecule has 6 heteroatoms. The van der Waals surface area contributed by atoms with Crippen LogP contribution < -0.4 is 0 Å². The molecule has 2 rings (SSSR count). The number of aromatic nitrogens is 1. The molecule has 0 amide bonds. The van der Waals surface area contributed by atoms with Crippen molar-refractivity contribution in [3.05, 3.63) is 29.8 Å². The zero-order valence-electron chi connectivity index (χ0n) is 10.1. The van der Waals surface area contributed by atoms with Gasteiger partial charge in [0.25, 0.3) is 0 Å². The summed E-state index contributed by atoms with van der Waals surface area (Å²) in [5, 5.41) is 0. The molecule has 19 heavy (non-hydrogen) atoms. The monoisotopic (exact) mass is 275 g/mol. The van der Waals surface area contributed by atoms with E-state index >= 15 is 0 Å². The highest BCUT2D eigenvalue weighted by atomic mass is 19.4. The van der Waals surface area contributed by atoms with Gasteiger partial charge in [-0.1, -0.05) is 6.42 Å². The van der Waals surface area contributed by atoms with Crippen LogP contribution in [0.25, 0.3) is 0 Å². The number of nitrogens with zero attached hydrogens (tertiary/aromatic N) is 1. The minimum absolute atomic E-state index is 0.0477. The van der Waals surface area contributed by atoms with Crippen molar-refractivity contribution in [3.63, 3.8) is 0 Å². The van der Waals surface area contributed by atoms with E-state index in [9.17, 15) is 22.4 Å². The molecule has 1 saturated carbocycles. The lowest BCUT2D eigenvalue weighted by Gasteiger charge is -2.29. The summed E-state index contributed by atoms with van der Waals surface area (Å²) in [5.74, 6) is -3.53. The van der Waals surface area contributed by atoms with Gasteiger partial charge in [0.2, 0.25) is 0 Å². The van der Waals surface area contributed by atoms with Crippen LogP contribution in [0.1, 0.15) is 36.0 Å². The van der Waals surface area contributed by atoms with Gasteiger partial charge in [0.15, 0.2) is 11.6 Å². The van der Waals surface area contributed by atoms with Gasteiger partial charge in [0.05, 0.1) is 17.7 Å². The van der Waals surface area contributed by atoms with E-state index in [1.165, 1.54) is 12.3 Å². The second kappa shape index (κ2) is 5.27. The third-order valence-electron chi connectivity index (χ3n) is 3.55. The number of hydrogen-bond donors (Lipinski definition) is 0. The molecule has 1 aromatic rings. The van der Waals surface area contributed by atoms with Crippen molar-refractivity contribution in [1.29, 1.82) is 0 Å². The molecule has 0 radical (unpaired) electrons. The lowest BCUT2D eigenvalue weighted by atomic mass is 9.77. The molecule has 2 atom stereocenters. The van der Waals surface area contributed by atoms with Crippen LogP contribution in [0.2, 0.25) is 0 Å². The summed E-state index contributed by atoms with van der Waals surface area (Å²) in [4.78, 5) is 15.6. The SMILES string of the molecule is O=C(c1ccncc1F)C1CCCC(C(F)(F)F)C1. The predicted molar refractivity (Wildman–Crippen MR) is 60.0 cm³/mol. The van der Waals surface area contributed by atoms with Crippen LogP contribution in [0, 0.1) is 17.7 Å². The highest BCUT2D eigenvalue weighted by Gasteiger charge is 2.43. The molecular weight excluding hydrogens is 262 g/mol. The van der Waals surface area contributed by atoms with Crippen molar-refractivity contribution >= 4 is 5.78 Å². The Bertz CT molecular complexity index is 472. The van der Waals surface area contributed by atoms with E-state index in [1.807, 2.05) is 0 Å². The quantitative estimate of drug-likeness (QED) is 0.607. The Kier molecular flexibility index (Phi) is 3.87. The van der Waals surface area contributed by atoms with E-state index in [0.717, 1.165) is 6.20 Å². The van der Waals surface area contributed by atoms with Crippen molar-refractivity contribution < 1.29 is 22.4 Å². The highest BCUT2D eigenvalue weighted by molar-refractivity contribution is 5.98. The lowest BCUT2D eigenvalue weighted by Crippen LogP contribution is -2.32. The van der Waals surface area contributed by atoms with Crippen molar-refractivity contribution in [2.75, 3.05) is 0 Å². The maximum atomic E-state index is 13.4. The molecular formula is C13H13F4NO. The molecule has 2 unspecified atom stereocenters. The molecule has 0 bridgehead atoms. The number of alkyl halides is 3. The Morgan fingerprint density at radius 3 is 2.68 bits per heavy atom. The fraction of sp³-hybridized carbons (Fsp3) is 0.538. The van der Waals surface area contributed by atoms with E-state index in [0.29, 0.717) is 12.8 Å². The molecule has 1 heterocycles. The number of carbonyl (C=O) groups is 1. The summed E-state index contributed by atoms with van der Waals surface area (Å²) >= 11 is 0. The lowest BCUT2D eigenvalue weighted by molar-refractivity contribution is -0.184. The maximum Gasteiger partial charge on any atom is 0.391 e. The Morgan fingerprint density at radius 1 is 1.32 bits per heavy atom. The topological polar surface area (TPSA) is 30.0 Å². The molecule has 0 spiro atoms. The molecule has 1 aliphatic carbocycles. The Labute approximate surface area is 107 Å². The van der Waals surface area contributed by atoms with Gasteiger partial charge in [-0.05, 0) is 25.3 Å². The van der Waals surface area contributed by atoms with Gasteiger partial charge in [0.1, 0.15) is 0 Å². The van der Waals surface area contributed by atoms with Gasteiger partial charge in [-0.3, -0.25) is 9.78 Å². The van der Waals surface area contributed by atoms with Gasteiger partial charge in [-0.15, -0.1) is 0 Å². The largest absolute Gasteiger partial charge is 0.391 e. The average Bonchev–Trinajstić information content (AvgIpc) is 2.38. The number of pyridine rings is 1. The summed E-state index contributed by atoms with van der Waals surface area (Å²) in [6.45, 7) is 0. The molecule has 0 aliphatic heterocycles. The molecule has 0 saturated heterocycles. The van der Waals surface area contributed by atoms with E-state index in [1.54, 1.807) is 0 Å². The number of halogens is 4. The normalized spacial score (nSPS) is 24.2. The number of Topliss-reactive ketones (excluding diaryl/α,β-unsaturated/α-hetero) is 1. The first-order chi connectivity index (χ1) is 8.89. The second-order valence-corrected chi connectivity index (χ2v) is 4.82. The fourth-order valence-corrected chi connectivity index (χ4v) is 2.52. The number of carbonyl (C=O) groups excluding carboxylic acids is 1. The van der Waals surface area contributed by atoms with Crippen molar-refractivity contribution in [1.82, 2.24) is 4.98 Å². The van der Waals surface area contributed by atoms with Crippen LogP contribution in [0.3, 0.4) is 0 Å². The average molecular weight is 275 g/mol. The number of rotatable bonds is 2. The second-order valence-electron chi connectivity index (χ2n) is 4.82. The van der Waals surface area contributed by atoms with Crippen LogP contribution in [-0.4, -0.2) is 16.9 Å². The molecule has 1 aromatic heterocycles. The van der Waals surface area contributed by atoms with Gasteiger partial charge >= 0.3 is 6.18 Å². The fourth-order valence-electron chi connectivity index (χ4n) is 2.52. The molecule has 1 fully saturated rings. The van der Waals surface area contributed by atoms with Gasteiger partial charge in [-0.2, -0.15) is 13.2 Å². The van der Waals surface area contributed by atoms with Gasteiger partial charge < -0.3 is 0 Å².